The SMILES string of the molecule is CC(=O)N1CCc2ccc(CC(C)(C)C)cc21. The van der Waals surface area contributed by atoms with Gasteiger partial charge in [-0.1, -0.05) is 32.9 Å². The van der Waals surface area contributed by atoms with Gasteiger partial charge in [0.15, 0.2) is 0 Å². The predicted octanol–water partition coefficient (Wildman–Crippen LogP) is 3.18. The number of amides is 1. The predicted molar refractivity (Wildman–Crippen MR) is 71.3 cm³/mol. The fourth-order valence-electron chi connectivity index (χ4n) is 2.47. The smallest absolute Gasteiger partial charge is 0.223 e. The minimum Gasteiger partial charge on any atom is -0.312 e. The summed E-state index contributed by atoms with van der Waals surface area (Å²) in [6, 6.07) is 6.57. The van der Waals surface area contributed by atoms with Gasteiger partial charge in [0.1, 0.15) is 0 Å². The lowest BCUT2D eigenvalue weighted by molar-refractivity contribution is -0.116. The highest BCUT2D eigenvalue weighted by Crippen LogP contribution is 2.31. The Labute approximate surface area is 104 Å². The lowest BCUT2D eigenvalue weighted by Gasteiger charge is -2.20. The third-order valence-electron chi connectivity index (χ3n) is 3.16. The second-order valence-corrected chi connectivity index (χ2v) is 6.12. The molecule has 17 heavy (non-hydrogen) atoms. The molecule has 1 heterocycles. The van der Waals surface area contributed by atoms with Crippen molar-refractivity contribution < 1.29 is 4.79 Å². The van der Waals surface area contributed by atoms with Crippen LogP contribution in [0.5, 0.6) is 0 Å². The molecule has 2 heteroatoms. The van der Waals surface area contributed by atoms with E-state index >= 15 is 0 Å². The number of hydrogen-bond donors (Lipinski definition) is 0. The van der Waals surface area contributed by atoms with E-state index in [1.54, 1.807) is 6.92 Å². The van der Waals surface area contributed by atoms with Gasteiger partial charge < -0.3 is 4.90 Å². The molecule has 0 bridgehead atoms. The Morgan fingerprint density at radius 3 is 2.65 bits per heavy atom. The highest BCUT2D eigenvalue weighted by molar-refractivity contribution is 5.93. The summed E-state index contributed by atoms with van der Waals surface area (Å²) >= 11 is 0. The second kappa shape index (κ2) is 4.17. The number of hydrogen-bond acceptors (Lipinski definition) is 1. The maximum Gasteiger partial charge on any atom is 0.223 e. The molecule has 0 saturated carbocycles. The van der Waals surface area contributed by atoms with Gasteiger partial charge in [0.05, 0.1) is 0 Å². The first-order valence-electron chi connectivity index (χ1n) is 6.27. The first kappa shape index (κ1) is 12.2. The summed E-state index contributed by atoms with van der Waals surface area (Å²) < 4.78 is 0. The average Bonchev–Trinajstić information content (AvgIpc) is 2.57. The summed E-state index contributed by atoms with van der Waals surface area (Å²) in [5.41, 5.74) is 4.04. The number of carbonyl (C=O) groups is 1. The molecule has 0 aromatic heterocycles. The Kier molecular flexibility index (Phi) is 2.98. The minimum absolute atomic E-state index is 0.150. The molecule has 0 saturated heterocycles. The van der Waals surface area contributed by atoms with Crippen LogP contribution in [0, 0.1) is 5.41 Å². The number of benzene rings is 1. The number of rotatable bonds is 1. The van der Waals surface area contributed by atoms with Crippen molar-refractivity contribution in [3.63, 3.8) is 0 Å². The fourth-order valence-corrected chi connectivity index (χ4v) is 2.47. The molecule has 2 nitrogen and oxygen atoms in total. The van der Waals surface area contributed by atoms with Crippen molar-refractivity contribution in [1.82, 2.24) is 0 Å². The van der Waals surface area contributed by atoms with Crippen LogP contribution in [0.1, 0.15) is 38.8 Å². The summed E-state index contributed by atoms with van der Waals surface area (Å²) in [6.45, 7) is 9.20. The van der Waals surface area contributed by atoms with Gasteiger partial charge in [-0.05, 0) is 35.4 Å². The Morgan fingerprint density at radius 2 is 2.06 bits per heavy atom. The maximum atomic E-state index is 11.5. The first-order valence-corrected chi connectivity index (χ1v) is 6.27. The molecular formula is C15H21NO. The van der Waals surface area contributed by atoms with Crippen molar-refractivity contribution in [2.75, 3.05) is 11.4 Å². The number of nitrogens with zero attached hydrogens (tertiary/aromatic N) is 1. The Bertz CT molecular complexity index is 443. The summed E-state index contributed by atoms with van der Waals surface area (Å²) in [5, 5.41) is 0. The summed E-state index contributed by atoms with van der Waals surface area (Å²) in [7, 11) is 0. The van der Waals surface area contributed by atoms with Crippen molar-refractivity contribution in [2.45, 2.75) is 40.5 Å². The molecule has 1 amide bonds. The molecule has 0 unspecified atom stereocenters. The summed E-state index contributed by atoms with van der Waals surface area (Å²) in [6.07, 6.45) is 2.04. The summed E-state index contributed by atoms with van der Waals surface area (Å²) in [5.74, 6) is 0.150. The van der Waals surface area contributed by atoms with E-state index in [1.807, 2.05) is 4.90 Å². The third kappa shape index (κ3) is 2.68. The van der Waals surface area contributed by atoms with Gasteiger partial charge in [-0.3, -0.25) is 4.79 Å². The zero-order valence-electron chi connectivity index (χ0n) is 11.2. The number of carbonyl (C=O) groups excluding carboxylic acids is 1. The van der Waals surface area contributed by atoms with Crippen LogP contribution in [-0.2, 0) is 17.6 Å². The average molecular weight is 231 g/mol. The Morgan fingerprint density at radius 1 is 1.35 bits per heavy atom. The lowest BCUT2D eigenvalue weighted by atomic mass is 9.87. The highest BCUT2D eigenvalue weighted by Gasteiger charge is 2.23. The quantitative estimate of drug-likeness (QED) is 0.727. The van der Waals surface area contributed by atoms with Crippen LogP contribution in [0.4, 0.5) is 5.69 Å². The van der Waals surface area contributed by atoms with Gasteiger partial charge in [-0.2, -0.15) is 0 Å². The van der Waals surface area contributed by atoms with Crippen LogP contribution in [-0.4, -0.2) is 12.5 Å². The van der Waals surface area contributed by atoms with Gasteiger partial charge in [0, 0.05) is 19.2 Å². The Hall–Kier alpha value is -1.31. The van der Waals surface area contributed by atoms with Crippen LogP contribution in [0.15, 0.2) is 18.2 Å². The second-order valence-electron chi connectivity index (χ2n) is 6.12. The molecule has 1 aliphatic heterocycles. The molecule has 0 atom stereocenters. The van der Waals surface area contributed by atoms with Crippen molar-refractivity contribution in [1.29, 1.82) is 0 Å². The van der Waals surface area contributed by atoms with E-state index in [0.717, 1.165) is 25.1 Å². The molecule has 92 valence electrons. The molecule has 0 N–H and O–H groups in total. The highest BCUT2D eigenvalue weighted by atomic mass is 16.2. The Balaban J connectivity index is 2.30. The standard InChI is InChI=1S/C15H21NO/c1-11(17)16-8-7-13-6-5-12(9-14(13)16)10-15(2,3)4/h5-6,9H,7-8,10H2,1-4H3. The largest absolute Gasteiger partial charge is 0.312 e. The molecule has 0 aliphatic carbocycles. The van der Waals surface area contributed by atoms with Crippen LogP contribution in [0.3, 0.4) is 0 Å². The molecular weight excluding hydrogens is 210 g/mol. The monoisotopic (exact) mass is 231 g/mol. The van der Waals surface area contributed by atoms with Crippen molar-refractivity contribution in [3.05, 3.63) is 29.3 Å². The van der Waals surface area contributed by atoms with E-state index in [2.05, 4.69) is 39.0 Å². The first-order chi connectivity index (χ1) is 7.87. The van der Waals surface area contributed by atoms with Crippen LogP contribution in [0.25, 0.3) is 0 Å². The molecule has 0 spiro atoms. The zero-order valence-corrected chi connectivity index (χ0v) is 11.2. The van der Waals surface area contributed by atoms with E-state index in [-0.39, 0.29) is 11.3 Å². The van der Waals surface area contributed by atoms with Gasteiger partial charge in [-0.25, -0.2) is 0 Å². The lowest BCUT2D eigenvalue weighted by Crippen LogP contribution is -2.25. The molecule has 1 aromatic rings. The topological polar surface area (TPSA) is 20.3 Å². The van der Waals surface area contributed by atoms with E-state index in [0.29, 0.717) is 0 Å². The van der Waals surface area contributed by atoms with Crippen LogP contribution in [0.2, 0.25) is 0 Å². The molecule has 0 fully saturated rings. The molecule has 1 aromatic carbocycles. The van der Waals surface area contributed by atoms with E-state index in [4.69, 9.17) is 0 Å². The van der Waals surface area contributed by atoms with Crippen molar-refractivity contribution >= 4 is 11.6 Å². The fraction of sp³-hybridized carbons (Fsp3) is 0.533. The van der Waals surface area contributed by atoms with E-state index < -0.39 is 0 Å². The number of fused-ring (bicyclic) bond motifs is 1. The van der Waals surface area contributed by atoms with Gasteiger partial charge in [0.2, 0.25) is 5.91 Å². The molecule has 0 radical (unpaired) electrons. The van der Waals surface area contributed by atoms with Crippen molar-refractivity contribution in [3.8, 4) is 0 Å². The maximum absolute atomic E-state index is 11.5. The van der Waals surface area contributed by atoms with E-state index in [1.165, 1.54) is 11.1 Å². The molecule has 2 rings (SSSR count). The van der Waals surface area contributed by atoms with Crippen molar-refractivity contribution in [2.24, 2.45) is 5.41 Å². The number of anilines is 1. The van der Waals surface area contributed by atoms with Gasteiger partial charge >= 0.3 is 0 Å². The third-order valence-corrected chi connectivity index (χ3v) is 3.16. The van der Waals surface area contributed by atoms with E-state index in [9.17, 15) is 4.79 Å². The zero-order chi connectivity index (χ0) is 12.6. The minimum atomic E-state index is 0.150. The van der Waals surface area contributed by atoms with Crippen LogP contribution < -0.4 is 4.90 Å². The van der Waals surface area contributed by atoms with Crippen LogP contribution >= 0.6 is 0 Å². The molecule has 1 aliphatic rings. The van der Waals surface area contributed by atoms with Gasteiger partial charge in [0.25, 0.3) is 0 Å². The normalized spacial score (nSPS) is 14.9. The summed E-state index contributed by atoms with van der Waals surface area (Å²) in [4.78, 5) is 13.4. The van der Waals surface area contributed by atoms with Gasteiger partial charge in [-0.15, -0.1) is 0 Å².